The van der Waals surface area contributed by atoms with Crippen LogP contribution in [-0.4, -0.2) is 24.6 Å². The maximum atomic E-state index is 5.84. The maximum Gasteiger partial charge on any atom is 0.189 e. The number of fused-ring (bicyclic) bond motifs is 1. The molecule has 0 unspecified atom stereocenters. The summed E-state index contributed by atoms with van der Waals surface area (Å²) in [7, 11) is 0. The summed E-state index contributed by atoms with van der Waals surface area (Å²) in [5.74, 6) is 0.621. The number of nitrogen functional groups attached to an aromatic ring is 1. The van der Waals surface area contributed by atoms with Crippen LogP contribution in [0, 0.1) is 0 Å². The third-order valence-electron chi connectivity index (χ3n) is 2.26. The van der Waals surface area contributed by atoms with E-state index in [1.807, 2.05) is 0 Å². The number of aromatic nitrogens is 5. The van der Waals surface area contributed by atoms with Crippen molar-refractivity contribution in [3.63, 3.8) is 0 Å². The monoisotopic (exact) mass is 212 g/mol. The molecule has 3 aromatic heterocycles. The summed E-state index contributed by atoms with van der Waals surface area (Å²) in [5.41, 5.74) is 7.72. The Labute approximate surface area is 90.8 Å². The Bertz CT molecular complexity index is 644. The lowest BCUT2D eigenvalue weighted by atomic mass is 10.3. The van der Waals surface area contributed by atoms with Crippen LogP contribution in [0.2, 0.25) is 0 Å². The highest BCUT2D eigenvalue weighted by Crippen LogP contribution is 2.20. The number of rotatable bonds is 1. The summed E-state index contributed by atoms with van der Waals surface area (Å²) >= 11 is 0. The molecule has 0 aliphatic heterocycles. The number of nitrogens with zero attached hydrogens (tertiary/aromatic N) is 5. The topological polar surface area (TPSA) is 82.0 Å². The molecule has 0 saturated heterocycles. The first kappa shape index (κ1) is 8.78. The van der Waals surface area contributed by atoms with E-state index in [4.69, 9.17) is 5.73 Å². The molecule has 0 fully saturated rings. The molecule has 16 heavy (non-hydrogen) atoms. The van der Waals surface area contributed by atoms with Crippen LogP contribution < -0.4 is 5.73 Å². The van der Waals surface area contributed by atoms with Crippen LogP contribution in [0.3, 0.4) is 0 Å². The van der Waals surface area contributed by atoms with Crippen LogP contribution in [-0.2, 0) is 0 Å². The van der Waals surface area contributed by atoms with E-state index in [0.29, 0.717) is 22.9 Å². The van der Waals surface area contributed by atoms with Crippen molar-refractivity contribution in [2.45, 2.75) is 0 Å². The molecule has 3 heterocycles. The van der Waals surface area contributed by atoms with E-state index in [1.54, 1.807) is 41.3 Å². The summed E-state index contributed by atoms with van der Waals surface area (Å²) in [5, 5.41) is 8.05. The Kier molecular flexibility index (Phi) is 1.79. The van der Waals surface area contributed by atoms with Gasteiger partial charge in [-0.3, -0.25) is 14.4 Å². The van der Waals surface area contributed by atoms with Gasteiger partial charge in [0.2, 0.25) is 0 Å². The van der Waals surface area contributed by atoms with E-state index in [0.717, 1.165) is 0 Å². The zero-order chi connectivity index (χ0) is 11.0. The molecule has 0 spiro atoms. The number of anilines is 1. The van der Waals surface area contributed by atoms with E-state index in [1.165, 1.54) is 0 Å². The van der Waals surface area contributed by atoms with E-state index < -0.39 is 0 Å². The summed E-state index contributed by atoms with van der Waals surface area (Å²) in [6.07, 6.45) is 6.75. The van der Waals surface area contributed by atoms with Gasteiger partial charge in [-0.1, -0.05) is 0 Å². The first-order chi connectivity index (χ1) is 7.86. The van der Waals surface area contributed by atoms with Crippen LogP contribution >= 0.6 is 0 Å². The van der Waals surface area contributed by atoms with E-state index >= 15 is 0 Å². The summed E-state index contributed by atoms with van der Waals surface area (Å²) in [6, 6.07) is 3.56. The second kappa shape index (κ2) is 3.27. The van der Waals surface area contributed by atoms with Crippen molar-refractivity contribution < 1.29 is 0 Å². The van der Waals surface area contributed by atoms with Crippen molar-refractivity contribution in [3.8, 4) is 11.5 Å². The molecule has 0 aliphatic carbocycles. The number of pyridine rings is 1. The van der Waals surface area contributed by atoms with Crippen LogP contribution in [0.5, 0.6) is 0 Å². The first-order valence-corrected chi connectivity index (χ1v) is 4.72. The zero-order valence-electron chi connectivity index (χ0n) is 8.28. The van der Waals surface area contributed by atoms with Gasteiger partial charge in [-0.05, 0) is 12.1 Å². The molecular formula is C10H8N6. The second-order valence-corrected chi connectivity index (χ2v) is 3.27. The van der Waals surface area contributed by atoms with Gasteiger partial charge in [0.1, 0.15) is 5.69 Å². The Morgan fingerprint density at radius 3 is 3.00 bits per heavy atom. The lowest BCUT2D eigenvalue weighted by Crippen LogP contribution is -1.96. The molecule has 6 heteroatoms. The molecule has 3 aromatic rings. The first-order valence-electron chi connectivity index (χ1n) is 4.72. The minimum Gasteiger partial charge on any atom is -0.397 e. The Morgan fingerprint density at radius 2 is 2.12 bits per heavy atom. The Balaban J connectivity index is 2.31. The van der Waals surface area contributed by atoms with Crippen LogP contribution in [0.25, 0.3) is 17.2 Å². The molecular weight excluding hydrogens is 204 g/mol. The lowest BCUT2D eigenvalue weighted by Gasteiger charge is -2.01. The van der Waals surface area contributed by atoms with Crippen molar-refractivity contribution in [2.75, 3.05) is 5.73 Å². The molecule has 0 radical (unpaired) electrons. The van der Waals surface area contributed by atoms with Crippen molar-refractivity contribution >= 4 is 11.3 Å². The predicted octanol–water partition coefficient (Wildman–Crippen LogP) is 0.768. The van der Waals surface area contributed by atoms with Crippen molar-refractivity contribution in [1.82, 2.24) is 24.6 Å². The minimum absolute atomic E-state index is 0.577. The van der Waals surface area contributed by atoms with E-state index in [9.17, 15) is 0 Å². The highest BCUT2D eigenvalue weighted by Gasteiger charge is 2.11. The predicted molar refractivity (Wildman–Crippen MR) is 58.4 cm³/mol. The van der Waals surface area contributed by atoms with Crippen molar-refractivity contribution in [3.05, 3.63) is 36.9 Å². The average molecular weight is 212 g/mol. The lowest BCUT2D eigenvalue weighted by molar-refractivity contribution is 1.09. The van der Waals surface area contributed by atoms with Gasteiger partial charge in [-0.15, -0.1) is 10.2 Å². The Hall–Kier alpha value is -2.50. The molecule has 78 valence electrons. The fraction of sp³-hybridized carbons (Fsp3) is 0. The van der Waals surface area contributed by atoms with Crippen LogP contribution in [0.15, 0.2) is 36.9 Å². The van der Waals surface area contributed by atoms with Gasteiger partial charge >= 0.3 is 0 Å². The number of nitrogens with two attached hydrogens (primary N) is 1. The normalized spacial score (nSPS) is 10.8. The fourth-order valence-corrected chi connectivity index (χ4v) is 1.52. The van der Waals surface area contributed by atoms with Gasteiger partial charge in [-0.2, -0.15) is 0 Å². The summed E-state index contributed by atoms with van der Waals surface area (Å²) < 4.78 is 1.80. The van der Waals surface area contributed by atoms with Gasteiger partial charge < -0.3 is 5.73 Å². The maximum absolute atomic E-state index is 5.84. The standard InChI is InChI=1S/C10H8N6/c11-7-2-1-3-13-9(7)10-15-14-8-6-12-4-5-16(8)10/h1-6H,11H2. The fourth-order valence-electron chi connectivity index (χ4n) is 1.52. The van der Waals surface area contributed by atoms with Gasteiger partial charge in [0.15, 0.2) is 11.5 Å². The highest BCUT2D eigenvalue weighted by atomic mass is 15.3. The third-order valence-corrected chi connectivity index (χ3v) is 2.26. The zero-order valence-corrected chi connectivity index (χ0v) is 8.28. The molecule has 6 nitrogen and oxygen atoms in total. The molecule has 0 amide bonds. The molecule has 0 aromatic carbocycles. The minimum atomic E-state index is 0.577. The number of hydrogen-bond donors (Lipinski definition) is 1. The highest BCUT2D eigenvalue weighted by molar-refractivity contribution is 5.68. The summed E-state index contributed by atoms with van der Waals surface area (Å²) in [6.45, 7) is 0. The van der Waals surface area contributed by atoms with E-state index in [2.05, 4.69) is 20.2 Å². The van der Waals surface area contributed by atoms with Crippen LogP contribution in [0.4, 0.5) is 5.69 Å². The second-order valence-electron chi connectivity index (χ2n) is 3.27. The Morgan fingerprint density at radius 1 is 1.19 bits per heavy atom. The largest absolute Gasteiger partial charge is 0.397 e. The molecule has 0 atom stereocenters. The van der Waals surface area contributed by atoms with Crippen molar-refractivity contribution in [2.24, 2.45) is 0 Å². The average Bonchev–Trinajstić information content (AvgIpc) is 2.74. The third kappa shape index (κ3) is 1.20. The number of hydrogen-bond acceptors (Lipinski definition) is 5. The SMILES string of the molecule is Nc1cccnc1-c1nnc2cnccn12. The molecule has 2 N–H and O–H groups in total. The van der Waals surface area contributed by atoms with Gasteiger partial charge in [0.25, 0.3) is 0 Å². The summed E-state index contributed by atoms with van der Waals surface area (Å²) in [4.78, 5) is 8.17. The van der Waals surface area contributed by atoms with Gasteiger partial charge in [0, 0.05) is 18.6 Å². The van der Waals surface area contributed by atoms with Crippen LogP contribution in [0.1, 0.15) is 0 Å². The smallest absolute Gasteiger partial charge is 0.189 e. The molecule has 0 bridgehead atoms. The molecule has 3 rings (SSSR count). The van der Waals surface area contributed by atoms with Gasteiger partial charge in [0.05, 0.1) is 11.9 Å². The van der Waals surface area contributed by atoms with E-state index in [-0.39, 0.29) is 0 Å². The van der Waals surface area contributed by atoms with Crippen molar-refractivity contribution in [1.29, 1.82) is 0 Å². The van der Waals surface area contributed by atoms with Gasteiger partial charge in [-0.25, -0.2) is 0 Å². The molecule has 0 saturated carbocycles. The quantitative estimate of drug-likeness (QED) is 0.644. The molecule has 0 aliphatic rings.